The standard InChI is InChI=1S/C11H16N2O8.Na/c1-5(14)12-7(4-9(17)18)10(19)13-6(11(20)21)2-3-8(15)16;/h6-7H,2-4H2,1H3,(H,12,14)(H,13,19)(H,15,16)(H,17,18)(H,20,21);/q;+1/p-1/t6-,7-;/m0./s1. The van der Waals surface area contributed by atoms with Gasteiger partial charge >= 0.3 is 47.5 Å². The Morgan fingerprint density at radius 1 is 1.14 bits per heavy atom. The van der Waals surface area contributed by atoms with Crippen molar-refractivity contribution in [3.05, 3.63) is 0 Å². The third kappa shape index (κ3) is 10.1. The van der Waals surface area contributed by atoms with E-state index in [9.17, 15) is 24.3 Å². The van der Waals surface area contributed by atoms with Gasteiger partial charge in [-0.3, -0.25) is 19.4 Å². The fourth-order valence-electron chi connectivity index (χ4n) is 1.37. The van der Waals surface area contributed by atoms with Gasteiger partial charge in [0.15, 0.2) is 0 Å². The Morgan fingerprint density at radius 2 is 1.68 bits per heavy atom. The van der Waals surface area contributed by atoms with Crippen molar-refractivity contribution < 1.29 is 69.2 Å². The summed E-state index contributed by atoms with van der Waals surface area (Å²) in [6.45, 7) is 1.02. The summed E-state index contributed by atoms with van der Waals surface area (Å²) in [7, 11) is 0. The van der Waals surface area contributed by atoms with Crippen LogP contribution in [-0.2, 0) is 19.2 Å². The average molecular weight is 326 g/mol. The first-order valence-electron chi connectivity index (χ1n) is 5.81. The average Bonchev–Trinajstić information content (AvgIpc) is 2.31. The topological polar surface area (TPSA) is 176 Å². The molecule has 118 valence electrons. The fraction of sp³-hybridized carbons (Fsp3) is 0.545. The van der Waals surface area contributed by atoms with E-state index in [0.29, 0.717) is 0 Å². The molecular formula is C11H15N2NaO8. The van der Waals surface area contributed by atoms with Crippen molar-refractivity contribution in [3.8, 4) is 0 Å². The van der Waals surface area contributed by atoms with Gasteiger partial charge in [0.05, 0.1) is 6.42 Å². The summed E-state index contributed by atoms with van der Waals surface area (Å²) in [4.78, 5) is 46.9. The number of hydrogen-bond acceptors (Lipinski definition) is 6. The molecule has 0 unspecified atom stereocenters. The predicted molar refractivity (Wildman–Crippen MR) is 65.6 cm³/mol. The molecule has 1 amide bonds. The molecular weight excluding hydrogens is 311 g/mol. The molecule has 0 fully saturated rings. The number of nitrogens with one attached hydrogen (secondary N) is 1. The van der Waals surface area contributed by atoms with Gasteiger partial charge in [-0.2, -0.15) is 0 Å². The second-order valence-electron chi connectivity index (χ2n) is 4.09. The van der Waals surface area contributed by atoms with Gasteiger partial charge in [-0.25, -0.2) is 4.79 Å². The first-order chi connectivity index (χ1) is 9.63. The summed E-state index contributed by atoms with van der Waals surface area (Å²) in [6, 6.07) is -3.07. The number of aliphatic carboxylic acids is 3. The second-order valence-corrected chi connectivity index (χ2v) is 4.09. The smallest absolute Gasteiger partial charge is 0.862 e. The molecule has 0 spiro atoms. The van der Waals surface area contributed by atoms with Crippen molar-refractivity contribution in [1.82, 2.24) is 5.32 Å². The minimum Gasteiger partial charge on any atom is -0.862 e. The largest absolute Gasteiger partial charge is 1.00 e. The van der Waals surface area contributed by atoms with Gasteiger partial charge in [-0.15, -0.1) is 0 Å². The zero-order valence-electron chi connectivity index (χ0n) is 12.1. The van der Waals surface area contributed by atoms with E-state index >= 15 is 0 Å². The molecule has 11 heteroatoms. The van der Waals surface area contributed by atoms with Crippen LogP contribution in [-0.4, -0.2) is 57.1 Å². The van der Waals surface area contributed by atoms with Crippen LogP contribution in [0, 0.1) is 0 Å². The first-order valence-corrected chi connectivity index (χ1v) is 5.81. The van der Waals surface area contributed by atoms with Crippen molar-refractivity contribution >= 4 is 29.7 Å². The van der Waals surface area contributed by atoms with E-state index < -0.39 is 54.6 Å². The van der Waals surface area contributed by atoms with Crippen LogP contribution in [0.3, 0.4) is 0 Å². The maximum absolute atomic E-state index is 11.7. The van der Waals surface area contributed by atoms with E-state index in [2.05, 4.69) is 4.99 Å². The second kappa shape index (κ2) is 11.0. The van der Waals surface area contributed by atoms with Crippen LogP contribution < -0.4 is 40.0 Å². The molecule has 0 radical (unpaired) electrons. The number of carbonyl (C=O) groups is 4. The van der Waals surface area contributed by atoms with Crippen molar-refractivity contribution in [2.45, 2.75) is 38.3 Å². The van der Waals surface area contributed by atoms with Crippen LogP contribution in [0.2, 0.25) is 0 Å². The van der Waals surface area contributed by atoms with Gasteiger partial charge in [0, 0.05) is 6.42 Å². The zero-order chi connectivity index (χ0) is 16.6. The molecule has 0 aromatic rings. The Hall–Kier alpha value is -1.65. The van der Waals surface area contributed by atoms with Gasteiger partial charge in [0.1, 0.15) is 12.1 Å². The maximum atomic E-state index is 11.7. The summed E-state index contributed by atoms with van der Waals surface area (Å²) in [5.41, 5.74) is 0. The van der Waals surface area contributed by atoms with Crippen molar-refractivity contribution in [2.24, 2.45) is 4.99 Å². The van der Waals surface area contributed by atoms with Crippen LogP contribution in [0.15, 0.2) is 4.99 Å². The van der Waals surface area contributed by atoms with Crippen LogP contribution >= 0.6 is 0 Å². The van der Waals surface area contributed by atoms with Crippen molar-refractivity contribution in [3.63, 3.8) is 0 Å². The quantitative estimate of drug-likeness (QED) is 0.185. The van der Waals surface area contributed by atoms with Crippen molar-refractivity contribution in [1.29, 1.82) is 0 Å². The SMILES string of the molecule is CC([O-])=N[C@@H](CC(=O)O)C(=O)N[C@@H](CCC(=O)O)C(=O)O.[Na+]. The Kier molecular flexibility index (Phi) is 11.3. The summed E-state index contributed by atoms with van der Waals surface area (Å²) < 4.78 is 0. The molecule has 0 aliphatic heterocycles. The van der Waals surface area contributed by atoms with Crippen LogP contribution in [0.4, 0.5) is 0 Å². The zero-order valence-corrected chi connectivity index (χ0v) is 14.1. The van der Waals surface area contributed by atoms with Crippen molar-refractivity contribution in [2.75, 3.05) is 0 Å². The van der Waals surface area contributed by atoms with E-state index in [0.717, 1.165) is 6.92 Å². The maximum Gasteiger partial charge on any atom is 1.00 e. The minimum absolute atomic E-state index is 0. The number of amides is 1. The summed E-state index contributed by atoms with van der Waals surface area (Å²) in [5, 5.41) is 38.8. The van der Waals surface area contributed by atoms with Crippen LogP contribution in [0.1, 0.15) is 26.2 Å². The number of aliphatic imine (C=N–C) groups is 1. The number of rotatable bonds is 9. The third-order valence-electron chi connectivity index (χ3n) is 2.27. The summed E-state index contributed by atoms with van der Waals surface area (Å²) in [5.74, 6) is -5.95. The van der Waals surface area contributed by atoms with E-state index in [-0.39, 0.29) is 36.0 Å². The molecule has 0 heterocycles. The molecule has 0 saturated heterocycles. The minimum atomic E-state index is -1.56. The van der Waals surface area contributed by atoms with Gasteiger partial charge in [0.2, 0.25) is 5.91 Å². The number of nitrogens with zero attached hydrogens (tertiary/aromatic N) is 1. The van der Waals surface area contributed by atoms with Crippen LogP contribution in [0.25, 0.3) is 0 Å². The van der Waals surface area contributed by atoms with Crippen LogP contribution in [0.5, 0.6) is 0 Å². The van der Waals surface area contributed by atoms with Gasteiger partial charge in [-0.1, -0.05) is 0 Å². The van der Waals surface area contributed by atoms with E-state index in [1.54, 1.807) is 0 Å². The monoisotopic (exact) mass is 326 g/mol. The number of carboxylic acids is 3. The molecule has 0 aliphatic rings. The molecule has 10 nitrogen and oxygen atoms in total. The normalized spacial score (nSPS) is 13.4. The molecule has 22 heavy (non-hydrogen) atoms. The molecule has 0 aromatic heterocycles. The van der Waals surface area contributed by atoms with E-state index in [4.69, 9.17) is 15.3 Å². The molecule has 0 bridgehead atoms. The van der Waals surface area contributed by atoms with E-state index in [1.807, 2.05) is 5.32 Å². The number of hydrogen-bond donors (Lipinski definition) is 4. The Morgan fingerprint density at radius 3 is 2.05 bits per heavy atom. The molecule has 0 saturated carbocycles. The number of carboxylic acid groups (broad SMARTS) is 3. The third-order valence-corrected chi connectivity index (χ3v) is 2.27. The van der Waals surface area contributed by atoms with Gasteiger partial charge < -0.3 is 25.7 Å². The summed E-state index contributed by atoms with van der Waals surface area (Å²) in [6.07, 6.45) is -1.66. The molecule has 4 N–H and O–H groups in total. The molecule has 0 aromatic carbocycles. The predicted octanol–water partition coefficient (Wildman–Crippen LogP) is -4.95. The molecule has 0 aliphatic carbocycles. The molecule has 0 rings (SSSR count). The van der Waals surface area contributed by atoms with Gasteiger partial charge in [0.25, 0.3) is 0 Å². The van der Waals surface area contributed by atoms with Gasteiger partial charge in [-0.05, 0) is 19.2 Å². The first kappa shape index (κ1) is 22.6. The Balaban J connectivity index is 0. The van der Waals surface area contributed by atoms with E-state index in [1.165, 1.54) is 0 Å². The Labute approximate surface area is 147 Å². The fourth-order valence-corrected chi connectivity index (χ4v) is 1.37. The summed E-state index contributed by atoms with van der Waals surface area (Å²) >= 11 is 0. The Bertz CT molecular complexity index is 461. The molecule has 2 atom stereocenters. The number of carbonyl (C=O) groups excluding carboxylic acids is 1.